The van der Waals surface area contributed by atoms with Gasteiger partial charge in [0.15, 0.2) is 5.96 Å². The quantitative estimate of drug-likeness (QED) is 0.496. The molecule has 2 saturated heterocycles. The molecule has 0 spiro atoms. The summed E-state index contributed by atoms with van der Waals surface area (Å²) in [5.41, 5.74) is 0. The van der Waals surface area contributed by atoms with Gasteiger partial charge in [-0.1, -0.05) is 29.3 Å². The molecule has 1 aromatic rings. The normalized spacial score (nSPS) is 23.9. The molecule has 2 heterocycles. The van der Waals surface area contributed by atoms with Gasteiger partial charge in [-0.2, -0.15) is 0 Å². The molecule has 0 saturated carbocycles. The SMILES string of the molecule is CCNC(=NCC(O)COc1cccc(Cl)c1Cl)N1CCOC(C2CCCO2)C1. The van der Waals surface area contributed by atoms with E-state index in [4.69, 9.17) is 37.4 Å². The molecule has 2 N–H and O–H groups in total. The van der Waals surface area contributed by atoms with Crippen LogP contribution in [0.2, 0.25) is 10.0 Å². The Hall–Kier alpha value is -1.25. The lowest BCUT2D eigenvalue weighted by Crippen LogP contribution is -2.53. The van der Waals surface area contributed by atoms with Gasteiger partial charge in [-0.05, 0) is 31.9 Å². The van der Waals surface area contributed by atoms with E-state index in [9.17, 15) is 5.11 Å². The number of guanidine groups is 1. The minimum absolute atomic E-state index is 0.0494. The highest BCUT2D eigenvalue weighted by Gasteiger charge is 2.32. The summed E-state index contributed by atoms with van der Waals surface area (Å²) < 4.78 is 17.3. The third-order valence-corrected chi connectivity index (χ3v) is 5.71. The van der Waals surface area contributed by atoms with E-state index in [1.165, 1.54) is 0 Å². The molecule has 0 amide bonds. The van der Waals surface area contributed by atoms with Gasteiger partial charge in [0.25, 0.3) is 0 Å². The molecule has 0 radical (unpaired) electrons. The van der Waals surface area contributed by atoms with E-state index in [-0.39, 0.29) is 25.4 Å². The van der Waals surface area contributed by atoms with Gasteiger partial charge < -0.3 is 29.5 Å². The van der Waals surface area contributed by atoms with Crippen molar-refractivity contribution in [2.75, 3.05) is 46.0 Å². The van der Waals surface area contributed by atoms with Crippen molar-refractivity contribution in [1.29, 1.82) is 0 Å². The van der Waals surface area contributed by atoms with Crippen molar-refractivity contribution in [3.8, 4) is 5.75 Å². The van der Waals surface area contributed by atoms with Gasteiger partial charge in [0, 0.05) is 26.2 Å². The van der Waals surface area contributed by atoms with Crippen molar-refractivity contribution in [1.82, 2.24) is 10.2 Å². The van der Waals surface area contributed by atoms with Gasteiger partial charge >= 0.3 is 0 Å². The van der Waals surface area contributed by atoms with Crippen LogP contribution in [0.15, 0.2) is 23.2 Å². The van der Waals surface area contributed by atoms with Crippen LogP contribution in [0, 0.1) is 0 Å². The first-order chi connectivity index (χ1) is 14.1. The predicted octanol–water partition coefficient (Wildman–Crippen LogP) is 2.58. The summed E-state index contributed by atoms with van der Waals surface area (Å²) in [6.45, 7) is 5.96. The molecular weight excluding hydrogens is 417 g/mol. The highest BCUT2D eigenvalue weighted by molar-refractivity contribution is 6.42. The molecular formula is C20H29Cl2N3O4. The Balaban J connectivity index is 1.54. The topological polar surface area (TPSA) is 75.6 Å². The number of rotatable bonds is 7. The van der Waals surface area contributed by atoms with Gasteiger partial charge in [0.1, 0.15) is 29.6 Å². The van der Waals surface area contributed by atoms with Gasteiger partial charge in [0.05, 0.1) is 24.3 Å². The number of ether oxygens (including phenoxy) is 3. The molecule has 0 aliphatic carbocycles. The van der Waals surface area contributed by atoms with Crippen LogP contribution in [0.1, 0.15) is 19.8 Å². The minimum Gasteiger partial charge on any atom is -0.489 e. The van der Waals surface area contributed by atoms with Crippen LogP contribution in [0.4, 0.5) is 0 Å². The van der Waals surface area contributed by atoms with Crippen LogP contribution in [-0.2, 0) is 9.47 Å². The number of hydrogen-bond acceptors (Lipinski definition) is 5. The average Bonchev–Trinajstić information content (AvgIpc) is 3.27. The second-order valence-corrected chi connectivity index (χ2v) is 7.90. The number of hydrogen-bond donors (Lipinski definition) is 2. The molecule has 2 fully saturated rings. The Morgan fingerprint density at radius 2 is 2.17 bits per heavy atom. The van der Waals surface area contributed by atoms with E-state index >= 15 is 0 Å². The Morgan fingerprint density at radius 3 is 2.93 bits per heavy atom. The lowest BCUT2D eigenvalue weighted by Gasteiger charge is -2.37. The maximum absolute atomic E-state index is 10.3. The Labute approximate surface area is 181 Å². The number of aliphatic hydroxyl groups excluding tert-OH is 1. The van der Waals surface area contributed by atoms with Crippen LogP contribution < -0.4 is 10.1 Å². The molecule has 162 valence electrons. The summed E-state index contributed by atoms with van der Waals surface area (Å²) in [5.74, 6) is 1.21. The molecule has 0 bridgehead atoms. The number of nitrogens with zero attached hydrogens (tertiary/aromatic N) is 2. The number of morpholine rings is 1. The first kappa shape index (κ1) is 22.4. The Bertz CT molecular complexity index is 686. The fourth-order valence-electron chi connectivity index (χ4n) is 3.44. The fraction of sp³-hybridized carbons (Fsp3) is 0.650. The number of aliphatic imine (C=N–C) groups is 1. The highest BCUT2D eigenvalue weighted by Crippen LogP contribution is 2.31. The maximum Gasteiger partial charge on any atom is 0.194 e. The number of benzene rings is 1. The Morgan fingerprint density at radius 1 is 1.34 bits per heavy atom. The summed E-state index contributed by atoms with van der Waals surface area (Å²) in [6, 6.07) is 5.15. The zero-order valence-electron chi connectivity index (χ0n) is 16.7. The van der Waals surface area contributed by atoms with Gasteiger partial charge in [-0.15, -0.1) is 0 Å². The molecule has 2 aliphatic rings. The fourth-order valence-corrected chi connectivity index (χ4v) is 3.79. The second kappa shape index (κ2) is 11.2. The third kappa shape index (κ3) is 6.36. The van der Waals surface area contributed by atoms with Gasteiger partial charge in [0.2, 0.25) is 0 Å². The van der Waals surface area contributed by atoms with E-state index in [1.807, 2.05) is 6.92 Å². The number of nitrogens with one attached hydrogen (secondary N) is 1. The molecule has 29 heavy (non-hydrogen) atoms. The van der Waals surface area contributed by atoms with Gasteiger partial charge in [-0.3, -0.25) is 4.99 Å². The van der Waals surface area contributed by atoms with E-state index in [2.05, 4.69) is 15.2 Å². The van der Waals surface area contributed by atoms with Crippen molar-refractivity contribution < 1.29 is 19.3 Å². The second-order valence-electron chi connectivity index (χ2n) is 7.12. The van der Waals surface area contributed by atoms with Crippen molar-refractivity contribution in [3.05, 3.63) is 28.2 Å². The number of aliphatic hydroxyl groups is 1. The monoisotopic (exact) mass is 445 g/mol. The van der Waals surface area contributed by atoms with Crippen LogP contribution in [-0.4, -0.2) is 80.3 Å². The first-order valence-electron chi connectivity index (χ1n) is 10.1. The zero-order chi connectivity index (χ0) is 20.6. The van der Waals surface area contributed by atoms with Crippen LogP contribution in [0.3, 0.4) is 0 Å². The van der Waals surface area contributed by atoms with Crippen LogP contribution in [0.25, 0.3) is 0 Å². The van der Waals surface area contributed by atoms with E-state index in [0.29, 0.717) is 22.4 Å². The van der Waals surface area contributed by atoms with E-state index in [1.54, 1.807) is 18.2 Å². The molecule has 9 heteroatoms. The molecule has 3 unspecified atom stereocenters. The number of halogens is 2. The average molecular weight is 446 g/mol. The molecule has 7 nitrogen and oxygen atoms in total. The van der Waals surface area contributed by atoms with Crippen LogP contribution >= 0.6 is 23.2 Å². The standard InChI is InChI=1S/C20H29Cl2N3O4/c1-2-23-20(25-8-10-28-18(12-25)16-7-4-9-27-16)24-11-14(26)13-29-17-6-3-5-15(21)19(17)22/h3,5-6,14,16,18,26H,2,4,7-13H2,1H3,(H,23,24). The van der Waals surface area contributed by atoms with Crippen LogP contribution in [0.5, 0.6) is 5.75 Å². The minimum atomic E-state index is -0.770. The molecule has 1 aromatic carbocycles. The summed E-state index contributed by atoms with van der Waals surface area (Å²) in [4.78, 5) is 6.76. The highest BCUT2D eigenvalue weighted by atomic mass is 35.5. The summed E-state index contributed by atoms with van der Waals surface area (Å²) in [5, 5.41) is 14.4. The van der Waals surface area contributed by atoms with E-state index in [0.717, 1.165) is 45.0 Å². The summed E-state index contributed by atoms with van der Waals surface area (Å²) in [7, 11) is 0. The first-order valence-corrected chi connectivity index (χ1v) is 10.9. The van der Waals surface area contributed by atoms with Crippen molar-refractivity contribution >= 4 is 29.2 Å². The van der Waals surface area contributed by atoms with Crippen molar-refractivity contribution in [2.24, 2.45) is 4.99 Å². The van der Waals surface area contributed by atoms with Crippen molar-refractivity contribution in [2.45, 2.75) is 38.1 Å². The third-order valence-electron chi connectivity index (χ3n) is 4.91. The zero-order valence-corrected chi connectivity index (χ0v) is 18.2. The molecule has 0 aromatic heterocycles. The Kier molecular flexibility index (Phi) is 8.68. The summed E-state index contributed by atoms with van der Waals surface area (Å²) >= 11 is 12.1. The largest absolute Gasteiger partial charge is 0.489 e. The summed E-state index contributed by atoms with van der Waals surface area (Å²) in [6.07, 6.45) is 1.56. The molecule has 3 atom stereocenters. The van der Waals surface area contributed by atoms with Gasteiger partial charge in [-0.25, -0.2) is 0 Å². The molecule has 2 aliphatic heterocycles. The maximum atomic E-state index is 10.3. The van der Waals surface area contributed by atoms with Crippen molar-refractivity contribution in [3.63, 3.8) is 0 Å². The smallest absolute Gasteiger partial charge is 0.194 e. The molecule has 3 rings (SSSR count). The predicted molar refractivity (Wildman–Crippen MR) is 114 cm³/mol. The lowest BCUT2D eigenvalue weighted by atomic mass is 10.1. The van der Waals surface area contributed by atoms with E-state index < -0.39 is 6.10 Å². The lowest BCUT2D eigenvalue weighted by molar-refractivity contribution is -0.0817.